The van der Waals surface area contributed by atoms with Gasteiger partial charge in [0, 0.05) is 6.42 Å². The molecule has 0 aromatic heterocycles. The predicted octanol–water partition coefficient (Wildman–Crippen LogP) is 16.3. The van der Waals surface area contributed by atoms with Crippen molar-refractivity contribution in [2.45, 2.75) is 225 Å². The van der Waals surface area contributed by atoms with Gasteiger partial charge >= 0.3 is 7.82 Å². The molecule has 0 fully saturated rings. The van der Waals surface area contributed by atoms with E-state index in [-0.39, 0.29) is 19.1 Å². The van der Waals surface area contributed by atoms with E-state index in [2.05, 4.69) is 116 Å². The molecule has 0 heterocycles. The number of amides is 1. The normalized spacial score (nSPS) is 14.8. The first-order valence-corrected chi connectivity index (χ1v) is 28.6. The number of phosphoric acid groups is 1. The minimum absolute atomic E-state index is 0.0683. The highest BCUT2D eigenvalue weighted by atomic mass is 31.2. The van der Waals surface area contributed by atoms with Crippen molar-refractivity contribution >= 4 is 13.7 Å². The van der Waals surface area contributed by atoms with Crippen LogP contribution < -0.4 is 5.32 Å². The van der Waals surface area contributed by atoms with E-state index in [9.17, 15) is 19.4 Å². The molecule has 9 heteroatoms. The fourth-order valence-electron chi connectivity index (χ4n) is 7.36. The first-order valence-electron chi connectivity index (χ1n) is 27.1. The fraction of sp³-hybridized carbons (Fsp3) is 0.707. The van der Waals surface area contributed by atoms with Crippen molar-refractivity contribution in [3.63, 3.8) is 0 Å². The van der Waals surface area contributed by atoms with E-state index >= 15 is 0 Å². The Bertz CT molecular complexity index is 1410. The average molecular weight is 956 g/mol. The molecule has 0 rings (SSSR count). The van der Waals surface area contributed by atoms with Crippen molar-refractivity contribution in [2.24, 2.45) is 0 Å². The fourth-order valence-corrected chi connectivity index (χ4v) is 8.09. The minimum Gasteiger partial charge on any atom is -0.391 e. The van der Waals surface area contributed by atoms with Gasteiger partial charge in [0.1, 0.15) is 13.2 Å². The van der Waals surface area contributed by atoms with Crippen LogP contribution in [0.5, 0.6) is 0 Å². The Labute approximate surface area is 413 Å². The molecule has 3 unspecified atom stereocenters. The summed E-state index contributed by atoms with van der Waals surface area (Å²) in [7, 11) is 1.60. The number of phosphoric ester groups is 1. The number of rotatable bonds is 48. The molecule has 3 atom stereocenters. The van der Waals surface area contributed by atoms with Crippen LogP contribution in [0.25, 0.3) is 0 Å². The third kappa shape index (κ3) is 51.1. The number of nitrogens with zero attached hydrogens (tertiary/aromatic N) is 1. The molecule has 0 aliphatic rings. The van der Waals surface area contributed by atoms with Gasteiger partial charge in [0.15, 0.2) is 0 Å². The molecule has 0 aliphatic carbocycles. The van der Waals surface area contributed by atoms with Crippen LogP contribution >= 0.6 is 7.82 Å². The van der Waals surface area contributed by atoms with Crippen molar-refractivity contribution in [3.8, 4) is 0 Å². The van der Waals surface area contributed by atoms with Crippen molar-refractivity contribution in [3.05, 3.63) is 97.2 Å². The lowest BCUT2D eigenvalue weighted by atomic mass is 10.0. The van der Waals surface area contributed by atoms with E-state index in [4.69, 9.17) is 9.05 Å². The number of aliphatic hydroxyl groups excluding tert-OH is 1. The molecule has 0 saturated heterocycles. The molecule has 67 heavy (non-hydrogen) atoms. The maximum absolute atomic E-state index is 12.9. The smallest absolute Gasteiger partial charge is 0.391 e. The van der Waals surface area contributed by atoms with Crippen molar-refractivity contribution in [1.29, 1.82) is 0 Å². The van der Waals surface area contributed by atoms with Crippen molar-refractivity contribution < 1.29 is 32.9 Å². The lowest BCUT2D eigenvalue weighted by Gasteiger charge is -2.26. The molecular weight excluding hydrogens is 852 g/mol. The molecule has 0 spiro atoms. The quantitative estimate of drug-likeness (QED) is 0.0243. The highest BCUT2D eigenvalue weighted by Gasteiger charge is 2.28. The summed E-state index contributed by atoms with van der Waals surface area (Å²) in [5.74, 6) is -0.158. The zero-order valence-electron chi connectivity index (χ0n) is 43.9. The summed E-state index contributed by atoms with van der Waals surface area (Å²) in [6, 6.07) is -0.770. The van der Waals surface area contributed by atoms with Crippen LogP contribution in [0.4, 0.5) is 0 Å². The second-order valence-electron chi connectivity index (χ2n) is 19.2. The monoisotopic (exact) mass is 956 g/mol. The molecule has 0 aliphatic heterocycles. The van der Waals surface area contributed by atoms with Crippen LogP contribution in [0.3, 0.4) is 0 Å². The number of allylic oxidation sites excluding steroid dienone is 16. The van der Waals surface area contributed by atoms with E-state index in [0.29, 0.717) is 23.9 Å². The molecule has 0 aromatic carbocycles. The number of unbranched alkanes of at least 4 members (excludes halogenated alkanes) is 19. The molecule has 0 bridgehead atoms. The van der Waals surface area contributed by atoms with E-state index in [1.807, 2.05) is 21.1 Å². The van der Waals surface area contributed by atoms with Crippen LogP contribution in [0, 0.1) is 0 Å². The Balaban J connectivity index is 4.15. The number of nitrogens with one attached hydrogen (secondary N) is 1. The molecule has 386 valence electrons. The van der Waals surface area contributed by atoms with Crippen LogP contribution in [0.15, 0.2) is 97.2 Å². The van der Waals surface area contributed by atoms with E-state index < -0.39 is 20.0 Å². The lowest BCUT2D eigenvalue weighted by Crippen LogP contribution is -2.46. The molecule has 0 radical (unpaired) electrons. The van der Waals surface area contributed by atoms with Crippen molar-refractivity contribution in [2.75, 3.05) is 40.9 Å². The predicted molar refractivity (Wildman–Crippen MR) is 290 cm³/mol. The molecule has 1 amide bonds. The third-order valence-electron chi connectivity index (χ3n) is 11.6. The van der Waals surface area contributed by atoms with E-state index in [1.165, 1.54) is 89.9 Å². The summed E-state index contributed by atoms with van der Waals surface area (Å²) < 4.78 is 23.7. The maximum atomic E-state index is 12.9. The first-order chi connectivity index (χ1) is 32.5. The van der Waals surface area contributed by atoms with Gasteiger partial charge < -0.3 is 19.8 Å². The molecule has 8 nitrogen and oxygen atoms in total. The summed E-state index contributed by atoms with van der Waals surface area (Å²) in [4.78, 5) is 23.2. The van der Waals surface area contributed by atoms with Gasteiger partial charge in [-0.25, -0.2) is 4.57 Å². The summed E-state index contributed by atoms with van der Waals surface area (Å²) in [6.07, 6.45) is 68.8. The number of aliphatic hydroxyl groups is 1. The number of carbonyl (C=O) groups is 1. The molecule has 0 aromatic rings. The lowest BCUT2D eigenvalue weighted by molar-refractivity contribution is -0.870. The van der Waals surface area contributed by atoms with E-state index in [0.717, 1.165) is 96.3 Å². The Hall–Kier alpha value is -2.58. The van der Waals surface area contributed by atoms with Gasteiger partial charge in [0.2, 0.25) is 5.91 Å². The number of hydrogen-bond donors (Lipinski definition) is 3. The van der Waals surface area contributed by atoms with Gasteiger partial charge in [-0.05, 0) is 77.0 Å². The number of carbonyl (C=O) groups excluding carboxylic acids is 1. The summed E-state index contributed by atoms with van der Waals surface area (Å²) in [5.41, 5.74) is 0. The standard InChI is InChI=1S/C58H103N2O6P/c1-6-8-10-12-14-16-18-20-21-22-23-24-25-26-27-28-29-30-31-32-33-34-35-36-37-38-39-40-42-44-46-48-50-52-58(62)59-56(55-66-67(63,64)65-54-53-60(3,4)5)57(61)51-49-47-45-43-41-19-17-15-13-11-9-7-2/h8,10,14,16,20-21,23-24,26-27,29-30,32-33,35-36,56-57,61H,6-7,9,11-13,15,17-19,22,25,28,31,34,37-55H2,1-5H3,(H-,59,62,63,64)/p+1/b10-8-,16-14-,21-20-,24-23-,27-26-,30-29-,33-32-,36-35-. The zero-order valence-corrected chi connectivity index (χ0v) is 44.8. The molecular formula is C58H104N2O6P+. The van der Waals surface area contributed by atoms with Crippen LogP contribution in [-0.2, 0) is 18.4 Å². The first kappa shape index (κ1) is 64.4. The third-order valence-corrected chi connectivity index (χ3v) is 12.6. The molecule has 3 N–H and O–H groups in total. The second kappa shape index (κ2) is 48.4. The van der Waals surface area contributed by atoms with Gasteiger partial charge in [0.05, 0.1) is 39.9 Å². The second-order valence-corrected chi connectivity index (χ2v) is 20.7. The Morgan fingerprint density at radius 1 is 0.522 bits per heavy atom. The zero-order chi connectivity index (χ0) is 49.2. The summed E-state index contributed by atoms with van der Waals surface area (Å²) >= 11 is 0. The Morgan fingerprint density at radius 2 is 0.896 bits per heavy atom. The van der Waals surface area contributed by atoms with Crippen LogP contribution in [0.2, 0.25) is 0 Å². The number of quaternary nitrogens is 1. The summed E-state index contributed by atoms with van der Waals surface area (Å²) in [6.45, 7) is 4.75. The Morgan fingerprint density at radius 3 is 1.31 bits per heavy atom. The van der Waals surface area contributed by atoms with Gasteiger partial charge in [-0.15, -0.1) is 0 Å². The largest absolute Gasteiger partial charge is 0.472 e. The maximum Gasteiger partial charge on any atom is 0.472 e. The summed E-state index contributed by atoms with van der Waals surface area (Å²) in [5, 5.41) is 14.0. The highest BCUT2D eigenvalue weighted by molar-refractivity contribution is 7.47. The number of hydrogen-bond acceptors (Lipinski definition) is 5. The SMILES string of the molecule is CC/C=C\C/C=C\C/C=C\C/C=C\C/C=C\C/C=C\C/C=C\C/C=C\CCCCCCCCCCC(=O)NC(COP(=O)(O)OCC[N+](C)(C)C)C(O)CCCCCCCCCCCCCC. The molecule has 0 saturated carbocycles. The van der Waals surface area contributed by atoms with Crippen LogP contribution in [-0.4, -0.2) is 73.4 Å². The van der Waals surface area contributed by atoms with Gasteiger partial charge in [-0.1, -0.05) is 227 Å². The van der Waals surface area contributed by atoms with Gasteiger partial charge in [-0.2, -0.15) is 0 Å². The minimum atomic E-state index is -4.32. The topological polar surface area (TPSA) is 105 Å². The highest BCUT2D eigenvalue weighted by Crippen LogP contribution is 2.43. The van der Waals surface area contributed by atoms with Crippen molar-refractivity contribution in [1.82, 2.24) is 5.32 Å². The Kier molecular flexibility index (Phi) is 46.6. The average Bonchev–Trinajstić information content (AvgIpc) is 3.29. The van der Waals surface area contributed by atoms with Crippen LogP contribution in [0.1, 0.15) is 213 Å². The number of likely N-dealkylation sites (N-methyl/N-ethyl adjacent to an activating group) is 1. The van der Waals surface area contributed by atoms with Gasteiger partial charge in [0.25, 0.3) is 0 Å². The van der Waals surface area contributed by atoms with E-state index in [1.54, 1.807) is 0 Å². The van der Waals surface area contributed by atoms with Gasteiger partial charge in [-0.3, -0.25) is 13.8 Å².